The van der Waals surface area contributed by atoms with E-state index in [2.05, 4.69) is 0 Å². The second-order valence-corrected chi connectivity index (χ2v) is 261. The summed E-state index contributed by atoms with van der Waals surface area (Å²) >= 11 is 9.67. The van der Waals surface area contributed by atoms with Crippen molar-refractivity contribution in [2.45, 2.75) is 0 Å². The summed E-state index contributed by atoms with van der Waals surface area (Å²) in [5.41, 5.74) is 0. The van der Waals surface area contributed by atoms with Crippen LogP contribution in [0.1, 0.15) is 0 Å². The molecule has 0 N–H and O–H groups in total. The Balaban J connectivity index is 6.21. The van der Waals surface area contributed by atoms with Crippen LogP contribution in [0, 0.1) is 0 Å². The molecule has 0 heterocycles. The van der Waals surface area contributed by atoms with Gasteiger partial charge in [-0.2, -0.15) is 0 Å². The summed E-state index contributed by atoms with van der Waals surface area (Å²) in [6.45, 7) is 0. The normalized spacial score (nSPS) is 7.92. The Labute approximate surface area is 1240 Å². The first-order valence-electron chi connectivity index (χ1n) is 23.8. The summed E-state index contributed by atoms with van der Waals surface area (Å²) in [5.74, 6) is 0. The molecule has 0 unspecified atom stereocenters. The van der Waals surface area contributed by atoms with Crippen LogP contribution in [0.15, 0.2) is 0 Å². The predicted octanol–water partition coefficient (Wildman–Crippen LogP) is -0.346. The van der Waals surface area contributed by atoms with Crippen molar-refractivity contribution in [3.63, 3.8) is 0 Å². The van der Waals surface area contributed by atoms with Gasteiger partial charge in [-0.15, -0.1) is 0 Å². The summed E-state index contributed by atoms with van der Waals surface area (Å²) in [6.07, 6.45) is 0. The van der Waals surface area contributed by atoms with E-state index in [1.165, 1.54) is 17.8 Å². The molecule has 0 spiro atoms. The molecule has 0 fully saturated rings. The van der Waals surface area contributed by atoms with Gasteiger partial charge in [0.15, 0.2) is 0 Å². The summed E-state index contributed by atoms with van der Waals surface area (Å²) in [6, 6.07) is 0. The van der Waals surface area contributed by atoms with Crippen molar-refractivity contribution in [3.8, 4) is 0 Å². The maximum Gasteiger partial charge on any atom is 0 e. The molecule has 0 aliphatic heterocycles. The summed E-state index contributed by atoms with van der Waals surface area (Å²) < 4.78 is 0. The van der Waals surface area contributed by atoms with Gasteiger partial charge in [-0.05, 0) is 0 Å². The van der Waals surface area contributed by atoms with Gasteiger partial charge in [-0.3, -0.25) is 0 Å². The average molecular weight is 4620 g/mol. The molecule has 0 bridgehead atoms. The molecule has 0 amide bonds. The highest BCUT2D eigenvalue weighted by atomic mass is 33.6. The maximum absolute atomic E-state index is 4.84. The SMILES string of the molecule is S=S=S=S=S=S=S=S=S=S=S=S=S=S=S=S=S=S=S=S=S=S=S=S=S=S=S=S=S=S=S=S=S=S=S=S=S=S=S=S=S=S=S=S=S=S=S=S=S=S=S=S=S=S=S=S=S=S=S=S=S=S=S=S=S=S=S=S=S=S=S=S=S=S=S=S=S=S=S=S=S=S=S=S=S=S=S=S=S=S=S=S=S=S=S=S=S=S=S=S=S=S=S=S=S=S=S=S=S=S=S=S=S=S=S=S=S=S=S=S=S=S=S=S=S=S=S=S=S=S=S=S=S=S=S=S=S=S=S=S=S=S=S=S. The van der Waals surface area contributed by atoms with Crippen molar-refractivity contribution < 1.29 is 0 Å². The fraction of sp³-hybridized carbons (Fsp3) is 0. The number of rotatable bonds is 0. The molecular weight excluding hydrogens is 4620 g/mol. The molecule has 0 saturated carbocycles. The topological polar surface area (TPSA) is 0 Å². The van der Waals surface area contributed by atoms with Crippen LogP contribution in [-0.2, 0) is 1280 Å². The van der Waals surface area contributed by atoms with Crippen molar-refractivity contribution in [1.29, 1.82) is 0 Å². The van der Waals surface area contributed by atoms with E-state index in [0.29, 0.717) is 0 Å². The lowest BCUT2D eigenvalue weighted by Crippen LogP contribution is -1.42. The summed E-state index contributed by atoms with van der Waals surface area (Å²) in [5, 5.41) is 0. The molecule has 864 valence electrons. The van der Waals surface area contributed by atoms with Gasteiger partial charge in [0.1, 0.15) is 0 Å². The summed E-state index contributed by atoms with van der Waals surface area (Å²) in [7, 11) is 258. The lowest BCUT2D eigenvalue weighted by Gasteiger charge is -1.41. The molecule has 0 atom stereocenters. The Morgan fingerprint density at radius 2 is 0.0556 bits per heavy atom. The zero-order chi connectivity index (χ0) is 102. The minimum Gasteiger partial charge on any atom is 0 e. The van der Waals surface area contributed by atoms with Gasteiger partial charge < -0.3 is 0 Å². The Hall–Kier alpha value is 31.7. The smallest absolute Gasteiger partial charge is 0 e. The number of hydrogen-bond donors (Lipinski definition) is 0. The Kier molecular flexibility index (Phi) is 213. The predicted molar refractivity (Wildman–Crippen MR) is 1060 cm³/mol. The minimum atomic E-state index is 1.37. The van der Waals surface area contributed by atoms with E-state index in [4.69, 9.17) is 22.4 Å². The van der Waals surface area contributed by atoms with Gasteiger partial charge in [0.25, 0.3) is 0 Å². The molecular formula is S144. The molecule has 144 heteroatoms. The highest BCUT2D eigenvalue weighted by molar-refractivity contribution is 8.92. The van der Waals surface area contributed by atoms with Crippen molar-refractivity contribution in [3.05, 3.63) is 0 Å². The Morgan fingerprint density at radius 3 is 0.0764 bits per heavy atom. The van der Waals surface area contributed by atoms with E-state index < -0.39 is 0 Å². The highest BCUT2D eigenvalue weighted by Gasteiger charge is 1.55. The van der Waals surface area contributed by atoms with Gasteiger partial charge in [-0.25, -0.2) is 0 Å². The van der Waals surface area contributed by atoms with Gasteiger partial charge >= 0.3 is 0 Å². The average Bonchev–Trinajstić information content (AvgIpc) is 1.12. The monoisotopic (exact) mass is 4600 g/mol. The molecule has 0 aromatic rings. The molecule has 0 aromatic heterocycles. The van der Waals surface area contributed by atoms with Gasteiger partial charge in [0.05, 0.1) is 0 Å². The highest BCUT2D eigenvalue weighted by Crippen LogP contribution is 1.55. The van der Waals surface area contributed by atoms with E-state index in [-0.39, 0.29) is 0 Å². The van der Waals surface area contributed by atoms with Crippen molar-refractivity contribution >= 4 is 1280 Å². The van der Waals surface area contributed by atoms with Gasteiger partial charge in [0, 0.05) is 1280 Å². The lowest BCUT2D eigenvalue weighted by atomic mass is 30.7. The molecule has 0 nitrogen and oxygen atoms in total. The third-order valence-electron chi connectivity index (χ3n) is 3.92. The Bertz CT molecular complexity index is 10600. The summed E-state index contributed by atoms with van der Waals surface area (Å²) in [4.78, 5) is 0. The van der Waals surface area contributed by atoms with Crippen LogP contribution in [0.3, 0.4) is 0 Å². The fourth-order valence-corrected chi connectivity index (χ4v) is 386. The number of hydrogen-bond acceptors (Lipinski definition) is 2. The van der Waals surface area contributed by atoms with Crippen LogP contribution >= 0.6 is 0 Å². The molecule has 144 heavy (non-hydrogen) atoms. The molecule has 0 aliphatic rings. The minimum absolute atomic E-state index is 1.37. The van der Waals surface area contributed by atoms with Crippen LogP contribution in [0.2, 0.25) is 0 Å². The third-order valence-corrected chi connectivity index (χ3v) is 317. The standard InChI is InChI=1S/S144/c1-3-5-7-9-11-13-15-17-19-21-23-25-27-29-31-33-35-37-39-41-43-45-47-49-51-53-55-57-59-61-63-65-67-69-71-73-75-77-79-81-83-85-87-89-91-93-95-97-99-101-103-105-107-109-111-113-115-117-119-121-123-125-127-129-131-133-135-137-139-141-143-144-142-140-138-136-134-132-130-128-126-124-122-120-118-116-114-112-110-108-106-104-102-100-98-96-94-92-90-88-86-84-82-80-78-76-74-72-70-68-66-64-62-60-58-56-54-52-50-48-46-44-42-40-38-36-34-32-30-28-26-24-22-20-18-16-14-12-10-8-6-4-2. The molecule has 0 aromatic carbocycles. The largest absolute Gasteiger partial charge is 0 e. The zero-order valence-corrected chi connectivity index (χ0v) is 176. The van der Waals surface area contributed by atoms with E-state index in [0.717, 1.165) is 0 Å². The zero-order valence-electron chi connectivity index (χ0n) is 58.8. The lowest BCUT2D eigenvalue weighted by molar-refractivity contribution is 5.95. The molecule has 0 radical (unpaired) electrons. The quantitative estimate of drug-likeness (QED) is 0.326. The second kappa shape index (κ2) is 175. The van der Waals surface area contributed by atoms with Crippen LogP contribution in [0.25, 0.3) is 0 Å². The van der Waals surface area contributed by atoms with E-state index in [1.54, 1.807) is 107 Å². The van der Waals surface area contributed by atoms with Crippen molar-refractivity contribution in [2.24, 2.45) is 0 Å². The molecule has 0 aliphatic carbocycles. The van der Waals surface area contributed by atoms with E-state index in [9.17, 15) is 0 Å². The molecule has 0 saturated heterocycles. The van der Waals surface area contributed by atoms with Crippen LogP contribution in [0.4, 0.5) is 0 Å². The van der Waals surface area contributed by atoms with Crippen molar-refractivity contribution in [1.82, 2.24) is 0 Å². The van der Waals surface area contributed by atoms with Crippen molar-refractivity contribution in [2.75, 3.05) is 0 Å². The first kappa shape index (κ1) is 176. The van der Waals surface area contributed by atoms with E-state index >= 15 is 0 Å². The van der Waals surface area contributed by atoms with Crippen LogP contribution < -0.4 is 0 Å². The van der Waals surface area contributed by atoms with Crippen LogP contribution in [-0.4, -0.2) is 0 Å². The second-order valence-electron chi connectivity index (χ2n) is 9.66. The van der Waals surface area contributed by atoms with Gasteiger partial charge in [-0.1, -0.05) is 0 Å². The fourth-order valence-electron chi connectivity index (χ4n) is 1.59. The van der Waals surface area contributed by atoms with Crippen LogP contribution in [0.5, 0.6) is 0 Å². The first-order valence-corrected chi connectivity index (χ1v) is 214. The molecule has 0 rings (SSSR count). The third kappa shape index (κ3) is 174. The first-order chi connectivity index (χ1) is 71.9. The maximum atomic E-state index is 4.84. The Morgan fingerprint density at radius 1 is 0.0347 bits per heavy atom. The van der Waals surface area contributed by atoms with E-state index in [1.807, 2.05) is 1140 Å². The van der Waals surface area contributed by atoms with Gasteiger partial charge in [0.2, 0.25) is 0 Å².